The summed E-state index contributed by atoms with van der Waals surface area (Å²) in [6.07, 6.45) is 0.183. The minimum absolute atomic E-state index is 0.0759. The highest BCUT2D eigenvalue weighted by atomic mass is 19.1. The molecular formula is C15H13F2N3O. The summed E-state index contributed by atoms with van der Waals surface area (Å²) in [6.45, 7) is 3.94. The van der Waals surface area contributed by atoms with Crippen LogP contribution in [-0.2, 0) is 6.42 Å². The molecule has 108 valence electrons. The molecule has 6 heteroatoms. The highest BCUT2D eigenvalue weighted by molar-refractivity contribution is 5.27. The maximum Gasteiger partial charge on any atom is 0.231 e. The van der Waals surface area contributed by atoms with Crippen LogP contribution in [0.3, 0.4) is 0 Å². The lowest BCUT2D eigenvalue weighted by Gasteiger charge is -1.98. The van der Waals surface area contributed by atoms with Crippen molar-refractivity contribution in [3.63, 3.8) is 0 Å². The van der Waals surface area contributed by atoms with Gasteiger partial charge < -0.3 is 4.52 Å². The summed E-state index contributed by atoms with van der Waals surface area (Å²) in [7, 11) is 0. The van der Waals surface area contributed by atoms with Crippen LogP contribution < -0.4 is 0 Å². The first kappa shape index (κ1) is 13.7. The van der Waals surface area contributed by atoms with Crippen LogP contribution in [0.1, 0.15) is 37.0 Å². The topological polar surface area (TPSA) is 62.7 Å². The van der Waals surface area contributed by atoms with Gasteiger partial charge in [-0.15, -0.1) is 0 Å². The Morgan fingerprint density at radius 1 is 1.29 bits per heavy atom. The summed E-state index contributed by atoms with van der Waals surface area (Å²) in [4.78, 5) is 4.25. The zero-order valence-electron chi connectivity index (χ0n) is 11.6. The molecule has 0 aliphatic heterocycles. The fraction of sp³-hybridized carbons (Fsp3) is 0.400. The average molecular weight is 289 g/mol. The van der Waals surface area contributed by atoms with Crippen LogP contribution in [0.4, 0.5) is 8.78 Å². The van der Waals surface area contributed by atoms with Crippen LogP contribution in [0.2, 0.25) is 0 Å². The number of hydrogen-bond donors (Lipinski definition) is 0. The molecule has 0 radical (unpaired) electrons. The van der Waals surface area contributed by atoms with Gasteiger partial charge in [0.2, 0.25) is 5.89 Å². The van der Waals surface area contributed by atoms with Gasteiger partial charge in [-0.05, 0) is 23.1 Å². The molecule has 1 heterocycles. The molecule has 0 N–H and O–H groups in total. The predicted octanol–water partition coefficient (Wildman–Crippen LogP) is 3.20. The van der Waals surface area contributed by atoms with E-state index in [1.54, 1.807) is 0 Å². The largest absolute Gasteiger partial charge is 0.339 e. The Bertz CT molecular complexity index is 713. The average Bonchev–Trinajstić information content (AvgIpc) is 2.72. The smallest absolute Gasteiger partial charge is 0.231 e. The van der Waals surface area contributed by atoms with E-state index in [4.69, 9.17) is 9.78 Å². The molecule has 0 bridgehead atoms. The van der Waals surface area contributed by atoms with Crippen LogP contribution in [0.5, 0.6) is 0 Å². The molecule has 1 aliphatic carbocycles. The van der Waals surface area contributed by atoms with E-state index in [0.29, 0.717) is 17.3 Å². The maximum absolute atomic E-state index is 13.1. The number of nitrogens with zero attached hydrogens (tertiary/aromatic N) is 3. The minimum atomic E-state index is -0.637. The molecule has 2 unspecified atom stereocenters. The summed E-state index contributed by atoms with van der Waals surface area (Å²) >= 11 is 0. The van der Waals surface area contributed by atoms with Crippen molar-refractivity contribution in [1.29, 1.82) is 5.26 Å². The maximum atomic E-state index is 13.1. The second-order valence-electron chi connectivity index (χ2n) is 5.91. The highest BCUT2D eigenvalue weighted by Gasteiger charge is 2.62. The first-order chi connectivity index (χ1) is 9.91. The fourth-order valence-electron chi connectivity index (χ4n) is 2.70. The lowest BCUT2D eigenvalue weighted by molar-refractivity contribution is 0.363. The Morgan fingerprint density at radius 2 is 1.95 bits per heavy atom. The van der Waals surface area contributed by atoms with Gasteiger partial charge in [0.05, 0.1) is 17.9 Å². The van der Waals surface area contributed by atoms with E-state index < -0.39 is 11.6 Å². The molecule has 3 rings (SSSR count). The van der Waals surface area contributed by atoms with Gasteiger partial charge in [0.15, 0.2) is 5.82 Å². The Balaban J connectivity index is 1.79. The third kappa shape index (κ3) is 2.40. The van der Waals surface area contributed by atoms with Crippen molar-refractivity contribution >= 4 is 0 Å². The van der Waals surface area contributed by atoms with E-state index in [1.807, 2.05) is 13.8 Å². The Hall–Kier alpha value is -2.29. The van der Waals surface area contributed by atoms with Crippen LogP contribution in [0, 0.1) is 34.3 Å². The molecule has 4 nitrogen and oxygen atoms in total. The molecular weight excluding hydrogens is 276 g/mol. The van der Waals surface area contributed by atoms with Gasteiger partial charge in [-0.25, -0.2) is 8.78 Å². The molecule has 2 atom stereocenters. The summed E-state index contributed by atoms with van der Waals surface area (Å²) in [5, 5.41) is 12.9. The summed E-state index contributed by atoms with van der Waals surface area (Å²) in [6, 6.07) is 5.51. The lowest BCUT2D eigenvalue weighted by Crippen LogP contribution is -1.94. The van der Waals surface area contributed by atoms with Gasteiger partial charge in [0, 0.05) is 12.5 Å². The normalized spacial score (nSPS) is 22.8. The Morgan fingerprint density at radius 3 is 2.52 bits per heavy atom. The van der Waals surface area contributed by atoms with Crippen molar-refractivity contribution < 1.29 is 13.3 Å². The molecule has 1 aliphatic rings. The number of nitriles is 1. The van der Waals surface area contributed by atoms with Crippen molar-refractivity contribution in [2.45, 2.75) is 26.2 Å². The first-order valence-electron chi connectivity index (χ1n) is 6.59. The zero-order chi connectivity index (χ0) is 15.2. The van der Waals surface area contributed by atoms with Crippen LogP contribution >= 0.6 is 0 Å². The summed E-state index contributed by atoms with van der Waals surface area (Å²) in [5.41, 5.74) is 0.260. The van der Waals surface area contributed by atoms with Gasteiger partial charge in [0.25, 0.3) is 0 Å². The monoisotopic (exact) mass is 289 g/mol. The molecule has 0 spiro atoms. The number of halogens is 2. The van der Waals surface area contributed by atoms with Crippen molar-refractivity contribution in [3.8, 4) is 6.07 Å². The second-order valence-corrected chi connectivity index (χ2v) is 5.91. The molecule has 1 aromatic carbocycles. The highest BCUT2D eigenvalue weighted by Crippen LogP contribution is 2.63. The van der Waals surface area contributed by atoms with Crippen molar-refractivity contribution in [2.24, 2.45) is 11.3 Å². The van der Waals surface area contributed by atoms with Gasteiger partial charge in [0.1, 0.15) is 11.6 Å². The lowest BCUT2D eigenvalue weighted by atomic mass is 10.1. The van der Waals surface area contributed by atoms with Crippen LogP contribution in [-0.4, -0.2) is 10.1 Å². The second kappa shape index (κ2) is 4.62. The fourth-order valence-corrected chi connectivity index (χ4v) is 2.70. The van der Waals surface area contributed by atoms with Crippen LogP contribution in [0.25, 0.3) is 0 Å². The Kier molecular flexibility index (Phi) is 3.01. The number of hydrogen-bond acceptors (Lipinski definition) is 4. The van der Waals surface area contributed by atoms with E-state index in [9.17, 15) is 8.78 Å². The third-order valence-corrected chi connectivity index (χ3v) is 4.00. The molecule has 2 aromatic rings. The zero-order valence-corrected chi connectivity index (χ0v) is 11.6. The number of rotatable bonds is 3. The predicted molar refractivity (Wildman–Crippen MR) is 69.1 cm³/mol. The van der Waals surface area contributed by atoms with Crippen molar-refractivity contribution in [3.05, 3.63) is 47.1 Å². The van der Waals surface area contributed by atoms with Gasteiger partial charge >= 0.3 is 0 Å². The van der Waals surface area contributed by atoms with Gasteiger partial charge in [-0.3, -0.25) is 0 Å². The van der Waals surface area contributed by atoms with E-state index in [0.717, 1.165) is 6.07 Å². The Labute approximate surface area is 120 Å². The quantitative estimate of drug-likeness (QED) is 0.870. The van der Waals surface area contributed by atoms with Crippen molar-refractivity contribution in [1.82, 2.24) is 10.1 Å². The molecule has 1 saturated carbocycles. The van der Waals surface area contributed by atoms with E-state index in [2.05, 4.69) is 16.2 Å². The van der Waals surface area contributed by atoms with E-state index in [1.165, 1.54) is 12.1 Å². The van der Waals surface area contributed by atoms with Gasteiger partial charge in [-0.1, -0.05) is 19.0 Å². The molecule has 0 saturated heterocycles. The number of benzene rings is 1. The standard InChI is InChI=1S/C15H13F2N3O/c1-15(2)11(7-18)13(15)14-19-12(20-21-14)5-8-3-9(16)6-10(17)4-8/h3-4,6,11,13H,5H2,1-2H3. The molecule has 1 aromatic heterocycles. The van der Waals surface area contributed by atoms with Crippen molar-refractivity contribution in [2.75, 3.05) is 0 Å². The van der Waals surface area contributed by atoms with E-state index >= 15 is 0 Å². The molecule has 1 fully saturated rings. The number of aromatic nitrogens is 2. The summed E-state index contributed by atoms with van der Waals surface area (Å²) in [5.74, 6) is -0.721. The first-order valence-corrected chi connectivity index (χ1v) is 6.59. The van der Waals surface area contributed by atoms with E-state index in [-0.39, 0.29) is 23.7 Å². The third-order valence-electron chi connectivity index (χ3n) is 4.00. The minimum Gasteiger partial charge on any atom is -0.339 e. The van der Waals surface area contributed by atoms with Gasteiger partial charge in [-0.2, -0.15) is 10.2 Å². The van der Waals surface area contributed by atoms with Crippen LogP contribution in [0.15, 0.2) is 22.7 Å². The molecule has 21 heavy (non-hydrogen) atoms. The molecule has 0 amide bonds. The SMILES string of the molecule is CC1(C)C(C#N)C1c1nc(Cc2cc(F)cc(F)c2)no1. The summed E-state index contributed by atoms with van der Waals surface area (Å²) < 4.78 is 31.5.